The molecule has 0 radical (unpaired) electrons. The van der Waals surface area contributed by atoms with Crippen molar-refractivity contribution in [1.29, 1.82) is 0 Å². The van der Waals surface area contributed by atoms with Crippen LogP contribution in [0.25, 0.3) is 10.8 Å². The summed E-state index contributed by atoms with van der Waals surface area (Å²) in [6, 6.07) is 13.1. The highest BCUT2D eigenvalue weighted by atomic mass is 79.9. The first-order chi connectivity index (χ1) is 13.0. The van der Waals surface area contributed by atoms with Crippen molar-refractivity contribution in [3.63, 3.8) is 0 Å². The van der Waals surface area contributed by atoms with E-state index in [-0.39, 0.29) is 19.1 Å². The lowest BCUT2D eigenvalue weighted by Gasteiger charge is -2.08. The van der Waals surface area contributed by atoms with Crippen LogP contribution in [0, 0.1) is 6.92 Å². The Kier molecular flexibility index (Phi) is 5.81. The zero-order valence-electron chi connectivity index (χ0n) is 14.9. The van der Waals surface area contributed by atoms with E-state index in [1.54, 1.807) is 13.0 Å². The van der Waals surface area contributed by atoms with E-state index in [0.717, 1.165) is 15.2 Å². The number of hydrogen-bond donors (Lipinski definition) is 1. The molecule has 1 N–H and O–H groups in total. The van der Waals surface area contributed by atoms with Crippen LogP contribution in [0.2, 0.25) is 0 Å². The summed E-state index contributed by atoms with van der Waals surface area (Å²) in [6.45, 7) is 1.70. The first-order valence-electron chi connectivity index (χ1n) is 8.22. The van der Waals surface area contributed by atoms with E-state index in [9.17, 15) is 9.59 Å². The number of furan rings is 1. The summed E-state index contributed by atoms with van der Waals surface area (Å²) in [6.07, 6.45) is 0. The Morgan fingerprint density at radius 1 is 1.11 bits per heavy atom. The Hall–Kier alpha value is -2.80. The van der Waals surface area contributed by atoms with E-state index in [0.29, 0.717) is 22.8 Å². The van der Waals surface area contributed by atoms with E-state index >= 15 is 0 Å². The average molecular weight is 432 g/mol. The number of nitrogens with one attached hydrogen (secondary N) is 1. The van der Waals surface area contributed by atoms with Crippen LogP contribution in [0.15, 0.2) is 51.4 Å². The first-order valence-corrected chi connectivity index (χ1v) is 9.02. The van der Waals surface area contributed by atoms with Crippen molar-refractivity contribution in [1.82, 2.24) is 5.32 Å². The SMILES string of the molecule is COC(=O)c1cc(CNC(=O)COc2ccc3cc(Br)ccc3c2)oc1C. The fourth-order valence-electron chi connectivity index (χ4n) is 2.61. The van der Waals surface area contributed by atoms with Gasteiger partial charge in [0.15, 0.2) is 6.61 Å². The molecule has 0 saturated heterocycles. The summed E-state index contributed by atoms with van der Waals surface area (Å²) in [7, 11) is 1.30. The van der Waals surface area contributed by atoms with E-state index in [4.69, 9.17) is 9.15 Å². The van der Waals surface area contributed by atoms with Crippen molar-refractivity contribution < 1.29 is 23.5 Å². The van der Waals surface area contributed by atoms with Gasteiger partial charge < -0.3 is 19.2 Å². The summed E-state index contributed by atoms with van der Waals surface area (Å²) in [5, 5.41) is 4.80. The minimum atomic E-state index is -0.472. The predicted octanol–water partition coefficient (Wildman–Crippen LogP) is 3.99. The molecule has 0 bridgehead atoms. The third-order valence-corrected chi connectivity index (χ3v) is 4.47. The molecule has 0 aliphatic carbocycles. The maximum atomic E-state index is 12.0. The number of halogens is 1. The number of aryl methyl sites for hydroxylation is 1. The summed E-state index contributed by atoms with van der Waals surface area (Å²) in [4.78, 5) is 23.6. The van der Waals surface area contributed by atoms with Gasteiger partial charge in [-0.1, -0.05) is 28.1 Å². The summed E-state index contributed by atoms with van der Waals surface area (Å²) in [5.41, 5.74) is 0.348. The lowest BCUT2D eigenvalue weighted by Crippen LogP contribution is -2.28. The minimum Gasteiger partial charge on any atom is -0.484 e. The highest BCUT2D eigenvalue weighted by Crippen LogP contribution is 2.24. The molecule has 0 aliphatic heterocycles. The molecule has 0 unspecified atom stereocenters. The molecule has 0 aliphatic rings. The molecule has 0 saturated carbocycles. The molecule has 1 amide bonds. The number of rotatable bonds is 6. The van der Waals surface area contributed by atoms with Gasteiger partial charge >= 0.3 is 5.97 Å². The molecule has 0 atom stereocenters. The molecular weight excluding hydrogens is 414 g/mol. The number of benzene rings is 2. The van der Waals surface area contributed by atoms with Gasteiger partial charge in [0.2, 0.25) is 0 Å². The van der Waals surface area contributed by atoms with Crippen LogP contribution in [0.3, 0.4) is 0 Å². The second-order valence-corrected chi connectivity index (χ2v) is 6.81. The van der Waals surface area contributed by atoms with Gasteiger partial charge in [-0.3, -0.25) is 4.79 Å². The van der Waals surface area contributed by atoms with Gasteiger partial charge in [-0.15, -0.1) is 0 Å². The highest BCUT2D eigenvalue weighted by Gasteiger charge is 2.15. The number of fused-ring (bicyclic) bond motifs is 1. The van der Waals surface area contributed by atoms with Crippen LogP contribution in [0.4, 0.5) is 0 Å². The zero-order valence-corrected chi connectivity index (χ0v) is 16.5. The molecule has 0 spiro atoms. The number of amides is 1. The molecule has 1 heterocycles. The standard InChI is InChI=1S/C20H18BrNO5/c1-12-18(20(24)25-2)9-17(27-12)10-22-19(23)11-26-16-6-4-13-7-15(21)5-3-14(13)8-16/h3-9H,10-11H2,1-2H3,(H,22,23). The van der Waals surface area contributed by atoms with Crippen LogP contribution in [-0.2, 0) is 16.1 Å². The summed E-state index contributed by atoms with van der Waals surface area (Å²) < 4.78 is 16.7. The second-order valence-electron chi connectivity index (χ2n) is 5.89. The largest absolute Gasteiger partial charge is 0.484 e. The fourth-order valence-corrected chi connectivity index (χ4v) is 2.99. The van der Waals surface area contributed by atoms with Crippen molar-refractivity contribution >= 4 is 38.6 Å². The van der Waals surface area contributed by atoms with Gasteiger partial charge in [0.1, 0.15) is 22.8 Å². The number of ether oxygens (including phenoxy) is 2. The fraction of sp³-hybridized carbons (Fsp3) is 0.200. The normalized spacial score (nSPS) is 10.6. The Balaban J connectivity index is 1.54. The molecule has 6 nitrogen and oxygen atoms in total. The molecule has 0 fully saturated rings. The third kappa shape index (κ3) is 4.68. The number of hydrogen-bond acceptors (Lipinski definition) is 5. The van der Waals surface area contributed by atoms with E-state index < -0.39 is 5.97 Å². The Labute approximate surface area is 164 Å². The van der Waals surface area contributed by atoms with Crippen molar-refractivity contribution in [2.75, 3.05) is 13.7 Å². The topological polar surface area (TPSA) is 77.8 Å². The van der Waals surface area contributed by atoms with E-state index in [2.05, 4.69) is 26.0 Å². The average Bonchev–Trinajstić information content (AvgIpc) is 3.04. The Bertz CT molecular complexity index is 995. The molecule has 7 heteroatoms. The Morgan fingerprint density at radius 3 is 2.63 bits per heavy atom. The van der Waals surface area contributed by atoms with Crippen LogP contribution < -0.4 is 10.1 Å². The third-order valence-electron chi connectivity index (χ3n) is 3.98. The molecule has 3 aromatic rings. The smallest absolute Gasteiger partial charge is 0.341 e. The van der Waals surface area contributed by atoms with Gasteiger partial charge in [-0.25, -0.2) is 4.79 Å². The molecular formula is C20H18BrNO5. The first kappa shape index (κ1) is 19.0. The van der Waals surface area contributed by atoms with Crippen LogP contribution in [0.1, 0.15) is 21.9 Å². The van der Waals surface area contributed by atoms with E-state index in [1.807, 2.05) is 36.4 Å². The van der Waals surface area contributed by atoms with Crippen LogP contribution >= 0.6 is 15.9 Å². The minimum absolute atomic E-state index is 0.119. The highest BCUT2D eigenvalue weighted by molar-refractivity contribution is 9.10. The molecule has 27 heavy (non-hydrogen) atoms. The second kappa shape index (κ2) is 8.26. The van der Waals surface area contributed by atoms with Gasteiger partial charge in [-0.05, 0) is 48.0 Å². The van der Waals surface area contributed by atoms with Crippen molar-refractivity contribution in [2.45, 2.75) is 13.5 Å². The van der Waals surface area contributed by atoms with E-state index in [1.165, 1.54) is 7.11 Å². The van der Waals surface area contributed by atoms with Gasteiger partial charge in [0, 0.05) is 4.47 Å². The number of esters is 1. The predicted molar refractivity (Wildman–Crippen MR) is 104 cm³/mol. The monoisotopic (exact) mass is 431 g/mol. The molecule has 1 aromatic heterocycles. The van der Waals surface area contributed by atoms with Crippen LogP contribution in [0.5, 0.6) is 5.75 Å². The Morgan fingerprint density at radius 2 is 1.85 bits per heavy atom. The summed E-state index contributed by atoms with van der Waals surface area (Å²) >= 11 is 3.44. The molecule has 3 rings (SSSR count). The summed E-state index contributed by atoms with van der Waals surface area (Å²) in [5.74, 6) is 0.768. The van der Waals surface area contributed by atoms with Crippen molar-refractivity contribution in [3.05, 3.63) is 64.0 Å². The number of carbonyl (C=O) groups is 2. The molecule has 2 aromatic carbocycles. The van der Waals surface area contributed by atoms with Crippen molar-refractivity contribution in [2.24, 2.45) is 0 Å². The van der Waals surface area contributed by atoms with Gasteiger partial charge in [-0.2, -0.15) is 0 Å². The lowest BCUT2D eigenvalue weighted by molar-refractivity contribution is -0.123. The maximum Gasteiger partial charge on any atom is 0.341 e. The maximum absolute atomic E-state index is 12.0. The quantitative estimate of drug-likeness (QED) is 0.597. The lowest BCUT2D eigenvalue weighted by atomic mass is 10.1. The molecule has 140 valence electrons. The zero-order chi connectivity index (χ0) is 19.4. The van der Waals surface area contributed by atoms with Crippen molar-refractivity contribution in [3.8, 4) is 5.75 Å². The van der Waals surface area contributed by atoms with Crippen LogP contribution in [-0.4, -0.2) is 25.6 Å². The number of carbonyl (C=O) groups excluding carboxylic acids is 2. The van der Waals surface area contributed by atoms with Gasteiger partial charge in [0.05, 0.1) is 13.7 Å². The number of methoxy groups -OCH3 is 1. The van der Waals surface area contributed by atoms with Gasteiger partial charge in [0.25, 0.3) is 5.91 Å².